The number of aromatic nitrogens is 2. The van der Waals surface area contributed by atoms with Crippen LogP contribution in [0.4, 0.5) is 0 Å². The fourth-order valence-electron chi connectivity index (χ4n) is 1.65. The monoisotopic (exact) mass is 306 g/mol. The smallest absolute Gasteiger partial charge is 0.264 e. The molecule has 1 heterocycles. The second kappa shape index (κ2) is 5.92. The molecule has 6 nitrogen and oxygen atoms in total. The molecule has 0 aliphatic carbocycles. The maximum absolute atomic E-state index is 11.6. The van der Waals surface area contributed by atoms with Crippen molar-refractivity contribution in [2.24, 2.45) is 0 Å². The maximum atomic E-state index is 11.6. The first-order valence-electron chi connectivity index (χ1n) is 6.01. The van der Waals surface area contributed by atoms with E-state index in [-0.39, 0.29) is 10.5 Å². The van der Waals surface area contributed by atoms with Crippen LogP contribution in [0.15, 0.2) is 40.0 Å². The van der Waals surface area contributed by atoms with E-state index in [0.717, 1.165) is 6.26 Å². The molecule has 0 saturated carbocycles. The predicted octanol–water partition coefficient (Wildman–Crippen LogP) is 1.35. The third kappa shape index (κ3) is 4.03. The number of benzene rings is 1. The maximum Gasteiger partial charge on any atom is 0.264 e. The number of hydrogen-bond acceptors (Lipinski definition) is 5. The van der Waals surface area contributed by atoms with Crippen molar-refractivity contribution >= 4 is 22.0 Å². The van der Waals surface area contributed by atoms with Gasteiger partial charge in [0.1, 0.15) is 5.75 Å². The van der Waals surface area contributed by atoms with Crippen molar-refractivity contribution in [3.05, 3.63) is 51.9 Å². The molecule has 1 aromatic heterocycles. The number of H-pyrrole nitrogens is 1. The van der Waals surface area contributed by atoms with Crippen LogP contribution in [0.5, 0.6) is 5.75 Å². The van der Waals surface area contributed by atoms with E-state index in [1.165, 1.54) is 19.2 Å². The van der Waals surface area contributed by atoms with Crippen molar-refractivity contribution < 1.29 is 13.2 Å². The Kier molecular flexibility index (Phi) is 4.23. The second-order valence-corrected chi connectivity index (χ2v) is 6.41. The van der Waals surface area contributed by atoms with E-state index < -0.39 is 9.84 Å². The molecule has 0 saturated heterocycles. The molecule has 110 valence electrons. The average Bonchev–Trinajstić information content (AvgIpc) is 2.45. The highest BCUT2D eigenvalue weighted by molar-refractivity contribution is 7.90. The molecule has 7 heteroatoms. The molecule has 0 bridgehead atoms. The van der Waals surface area contributed by atoms with Crippen molar-refractivity contribution in [3.63, 3.8) is 0 Å². The SMILES string of the molecule is COc1cc(/C=C/c2ccc(=O)[nH]n2)cc(S(C)(=O)=O)c1. The molecule has 0 unspecified atom stereocenters. The number of hydrogen-bond donors (Lipinski definition) is 1. The predicted molar refractivity (Wildman–Crippen MR) is 79.9 cm³/mol. The molecule has 0 spiro atoms. The minimum atomic E-state index is -3.32. The molecule has 0 atom stereocenters. The van der Waals surface area contributed by atoms with Crippen molar-refractivity contribution in [2.75, 3.05) is 13.4 Å². The minimum absolute atomic E-state index is 0.177. The second-order valence-electron chi connectivity index (χ2n) is 4.39. The van der Waals surface area contributed by atoms with Gasteiger partial charge in [0.25, 0.3) is 5.56 Å². The van der Waals surface area contributed by atoms with Gasteiger partial charge in [0.05, 0.1) is 17.7 Å². The van der Waals surface area contributed by atoms with Gasteiger partial charge in [-0.2, -0.15) is 5.10 Å². The highest BCUT2D eigenvalue weighted by atomic mass is 32.2. The zero-order valence-corrected chi connectivity index (χ0v) is 12.3. The Labute approximate surface area is 122 Å². The third-order valence-electron chi connectivity index (χ3n) is 2.71. The molecule has 1 N–H and O–H groups in total. The standard InChI is InChI=1S/C14H14N2O4S/c1-20-12-7-10(8-13(9-12)21(2,18)19)3-4-11-5-6-14(17)16-15-11/h3-9H,1-2H3,(H,16,17)/b4-3+. The van der Waals surface area contributed by atoms with Crippen LogP contribution in [0.1, 0.15) is 11.3 Å². The molecule has 0 fully saturated rings. The van der Waals surface area contributed by atoms with Gasteiger partial charge in [-0.05, 0) is 35.9 Å². The number of ether oxygens (including phenoxy) is 1. The lowest BCUT2D eigenvalue weighted by Gasteiger charge is -2.05. The van der Waals surface area contributed by atoms with E-state index in [0.29, 0.717) is 17.0 Å². The topological polar surface area (TPSA) is 89.1 Å². The summed E-state index contributed by atoms with van der Waals surface area (Å²) >= 11 is 0. The highest BCUT2D eigenvalue weighted by Crippen LogP contribution is 2.22. The Morgan fingerprint density at radius 3 is 2.52 bits per heavy atom. The van der Waals surface area contributed by atoms with Crippen LogP contribution in [-0.2, 0) is 9.84 Å². The van der Waals surface area contributed by atoms with E-state index >= 15 is 0 Å². The van der Waals surface area contributed by atoms with E-state index in [1.54, 1.807) is 30.4 Å². The van der Waals surface area contributed by atoms with Gasteiger partial charge in [-0.25, -0.2) is 13.5 Å². The molecule has 1 aromatic carbocycles. The lowest BCUT2D eigenvalue weighted by Crippen LogP contribution is -2.05. The number of methoxy groups -OCH3 is 1. The summed E-state index contributed by atoms with van der Waals surface area (Å²) in [5, 5.41) is 6.15. The van der Waals surface area contributed by atoms with Gasteiger partial charge in [-0.3, -0.25) is 4.79 Å². The molecular formula is C14H14N2O4S. The lowest BCUT2D eigenvalue weighted by molar-refractivity contribution is 0.413. The molecule has 0 aliphatic rings. The van der Waals surface area contributed by atoms with Gasteiger partial charge in [-0.15, -0.1) is 0 Å². The fourth-order valence-corrected chi connectivity index (χ4v) is 2.33. The van der Waals surface area contributed by atoms with Gasteiger partial charge in [-0.1, -0.05) is 6.08 Å². The van der Waals surface area contributed by atoms with Crippen LogP contribution < -0.4 is 10.3 Å². The summed E-state index contributed by atoms with van der Waals surface area (Å²) in [5.74, 6) is 0.451. The summed E-state index contributed by atoms with van der Waals surface area (Å²) in [6.45, 7) is 0. The lowest BCUT2D eigenvalue weighted by atomic mass is 10.2. The summed E-state index contributed by atoms with van der Waals surface area (Å²) in [5.41, 5.74) is 0.925. The zero-order valence-electron chi connectivity index (χ0n) is 11.5. The first-order chi connectivity index (χ1) is 9.88. The van der Waals surface area contributed by atoms with Crippen molar-refractivity contribution in [3.8, 4) is 5.75 Å². The molecule has 2 rings (SSSR count). The normalized spacial score (nSPS) is 11.7. The number of nitrogens with one attached hydrogen (secondary N) is 1. The number of aromatic amines is 1. The van der Waals surface area contributed by atoms with Crippen molar-refractivity contribution in [1.82, 2.24) is 10.2 Å². The van der Waals surface area contributed by atoms with Gasteiger partial charge in [0, 0.05) is 12.3 Å². The Balaban J connectivity index is 2.39. The Bertz CT molecular complexity index is 818. The number of sulfone groups is 1. The van der Waals surface area contributed by atoms with Gasteiger partial charge in [0.15, 0.2) is 9.84 Å². The summed E-state index contributed by atoms with van der Waals surface area (Å²) in [6, 6.07) is 7.63. The molecule has 0 radical (unpaired) electrons. The minimum Gasteiger partial charge on any atom is -0.497 e. The summed E-state index contributed by atoms with van der Waals surface area (Å²) in [4.78, 5) is 11.1. The molecule has 21 heavy (non-hydrogen) atoms. The Morgan fingerprint density at radius 2 is 1.95 bits per heavy atom. The van der Waals surface area contributed by atoms with Crippen LogP contribution >= 0.6 is 0 Å². The van der Waals surface area contributed by atoms with Crippen LogP contribution in [0, 0.1) is 0 Å². The number of rotatable bonds is 4. The van der Waals surface area contributed by atoms with E-state index in [9.17, 15) is 13.2 Å². The molecular weight excluding hydrogens is 292 g/mol. The van der Waals surface area contributed by atoms with E-state index in [2.05, 4.69) is 10.2 Å². The number of nitrogens with zero attached hydrogens (tertiary/aromatic N) is 1. The first kappa shape index (κ1) is 15.0. The van der Waals surface area contributed by atoms with Gasteiger partial charge < -0.3 is 4.74 Å². The Hall–Kier alpha value is -2.41. The average molecular weight is 306 g/mol. The van der Waals surface area contributed by atoms with Crippen molar-refractivity contribution in [2.45, 2.75) is 4.90 Å². The summed E-state index contributed by atoms with van der Waals surface area (Å²) in [7, 11) is -1.85. The van der Waals surface area contributed by atoms with Crippen molar-refractivity contribution in [1.29, 1.82) is 0 Å². The van der Waals surface area contributed by atoms with E-state index in [1.807, 2.05) is 0 Å². The third-order valence-corrected chi connectivity index (χ3v) is 3.81. The first-order valence-corrected chi connectivity index (χ1v) is 7.90. The van der Waals surface area contributed by atoms with E-state index in [4.69, 9.17) is 4.74 Å². The summed E-state index contributed by atoms with van der Waals surface area (Å²) < 4.78 is 28.4. The van der Waals surface area contributed by atoms with Crippen LogP contribution in [0.3, 0.4) is 0 Å². The fraction of sp³-hybridized carbons (Fsp3) is 0.143. The van der Waals surface area contributed by atoms with Gasteiger partial charge >= 0.3 is 0 Å². The largest absolute Gasteiger partial charge is 0.497 e. The van der Waals surface area contributed by atoms with Crippen LogP contribution in [-0.4, -0.2) is 32.0 Å². The molecule has 2 aromatic rings. The van der Waals surface area contributed by atoms with Crippen LogP contribution in [0.2, 0.25) is 0 Å². The summed E-state index contributed by atoms with van der Waals surface area (Å²) in [6.07, 6.45) is 4.49. The quantitative estimate of drug-likeness (QED) is 0.921. The molecule has 0 amide bonds. The Morgan fingerprint density at radius 1 is 1.19 bits per heavy atom. The molecule has 0 aliphatic heterocycles. The zero-order chi connectivity index (χ0) is 15.5. The van der Waals surface area contributed by atoms with Crippen LogP contribution in [0.25, 0.3) is 12.2 Å². The van der Waals surface area contributed by atoms with Gasteiger partial charge in [0.2, 0.25) is 0 Å². The highest BCUT2D eigenvalue weighted by Gasteiger charge is 2.09.